The normalized spacial score (nSPS) is 19.6. The molecule has 0 bridgehead atoms. The molecule has 2 aliphatic heterocycles. The number of guanidine groups is 1. The molecule has 184 valence electrons. The van der Waals surface area contributed by atoms with Gasteiger partial charge in [-0.25, -0.2) is 22.2 Å². The third-order valence-corrected chi connectivity index (χ3v) is 8.41. The summed E-state index contributed by atoms with van der Waals surface area (Å²) in [6.07, 6.45) is 1.58. The van der Waals surface area contributed by atoms with Gasteiger partial charge in [0.15, 0.2) is 5.96 Å². The summed E-state index contributed by atoms with van der Waals surface area (Å²) >= 11 is 3.32. The van der Waals surface area contributed by atoms with Gasteiger partial charge in [0, 0.05) is 34.4 Å². The maximum Gasteiger partial charge on any atom is 0.243 e. The Bertz CT molecular complexity index is 1540. The van der Waals surface area contributed by atoms with Crippen LogP contribution in [0.2, 0.25) is 0 Å². The van der Waals surface area contributed by atoms with Crippen LogP contribution in [-0.2, 0) is 10.0 Å². The molecule has 2 aliphatic rings. The number of hydrogen-bond donors (Lipinski definition) is 2. The molecule has 0 fully saturated rings. The Morgan fingerprint density at radius 1 is 0.972 bits per heavy atom. The zero-order valence-electron chi connectivity index (χ0n) is 18.8. The van der Waals surface area contributed by atoms with Gasteiger partial charge < -0.3 is 11.1 Å². The highest BCUT2D eigenvalue weighted by molar-refractivity contribution is 9.10. The molecule has 0 amide bonds. The lowest BCUT2D eigenvalue weighted by molar-refractivity contribution is 0.434. The van der Waals surface area contributed by atoms with E-state index in [1.54, 1.807) is 54.6 Å². The molecular weight excluding hydrogens is 550 g/mol. The summed E-state index contributed by atoms with van der Waals surface area (Å²) in [4.78, 5) is 4.52. The van der Waals surface area contributed by atoms with Crippen LogP contribution in [0.25, 0.3) is 6.08 Å². The number of nitrogens with one attached hydrogen (secondary N) is 1. The number of rotatable bonds is 4. The highest BCUT2D eigenvalue weighted by Crippen LogP contribution is 2.39. The Balaban J connectivity index is 1.67. The Hall–Kier alpha value is -3.34. The number of halogens is 3. The molecule has 10 heteroatoms. The van der Waals surface area contributed by atoms with Crippen LogP contribution in [0.15, 0.2) is 104 Å². The van der Waals surface area contributed by atoms with E-state index in [0.29, 0.717) is 16.8 Å². The monoisotopic (exact) mass is 570 g/mol. The van der Waals surface area contributed by atoms with E-state index in [9.17, 15) is 17.2 Å². The molecule has 0 aromatic heterocycles. The van der Waals surface area contributed by atoms with Crippen molar-refractivity contribution in [1.82, 2.24) is 9.62 Å². The van der Waals surface area contributed by atoms with Crippen LogP contribution >= 0.6 is 15.9 Å². The van der Waals surface area contributed by atoms with Gasteiger partial charge >= 0.3 is 0 Å². The van der Waals surface area contributed by atoms with Gasteiger partial charge in [0.2, 0.25) is 10.0 Å². The maximum atomic E-state index is 14.8. The third-order valence-electron chi connectivity index (χ3n) is 6.07. The minimum Gasteiger partial charge on any atom is -0.370 e. The first kappa shape index (κ1) is 24.4. The molecule has 3 aromatic carbocycles. The van der Waals surface area contributed by atoms with Crippen LogP contribution in [0, 0.1) is 11.6 Å². The van der Waals surface area contributed by atoms with E-state index in [4.69, 9.17) is 5.73 Å². The highest BCUT2D eigenvalue weighted by Gasteiger charge is 2.38. The predicted octanol–water partition coefficient (Wildman–Crippen LogP) is 4.73. The average Bonchev–Trinajstić information content (AvgIpc) is 2.86. The summed E-state index contributed by atoms with van der Waals surface area (Å²) in [5.41, 5.74) is 8.15. The number of aliphatic imine (C=N–C) groups is 1. The Morgan fingerprint density at radius 2 is 1.64 bits per heavy atom. The van der Waals surface area contributed by atoms with Crippen molar-refractivity contribution in [2.45, 2.75) is 10.9 Å². The molecule has 0 saturated heterocycles. The van der Waals surface area contributed by atoms with Crippen molar-refractivity contribution in [3.05, 3.63) is 117 Å². The van der Waals surface area contributed by atoms with Gasteiger partial charge in [0.1, 0.15) is 17.7 Å². The van der Waals surface area contributed by atoms with Crippen molar-refractivity contribution in [1.29, 1.82) is 0 Å². The summed E-state index contributed by atoms with van der Waals surface area (Å²) in [6, 6.07) is 17.8. The Kier molecular flexibility index (Phi) is 6.50. The van der Waals surface area contributed by atoms with Crippen LogP contribution in [0.5, 0.6) is 0 Å². The van der Waals surface area contributed by atoms with E-state index in [1.165, 1.54) is 28.6 Å². The van der Waals surface area contributed by atoms with E-state index in [2.05, 4.69) is 26.2 Å². The SMILES string of the molecule is NC1=NC(c2ccccc2F)C2=C(N1)/C(=C/c1ccccc1F)CN(S(=O)(=O)c1ccc(Br)cc1)C2. The largest absolute Gasteiger partial charge is 0.370 e. The topological polar surface area (TPSA) is 87.8 Å². The van der Waals surface area contributed by atoms with E-state index in [0.717, 1.165) is 4.47 Å². The van der Waals surface area contributed by atoms with Crippen LogP contribution in [0.1, 0.15) is 17.2 Å². The van der Waals surface area contributed by atoms with Gasteiger partial charge in [-0.2, -0.15) is 4.31 Å². The first-order chi connectivity index (χ1) is 17.2. The van der Waals surface area contributed by atoms with Crippen molar-refractivity contribution in [2.24, 2.45) is 10.7 Å². The first-order valence-electron chi connectivity index (χ1n) is 11.0. The second kappa shape index (κ2) is 9.61. The molecular formula is C26H21BrF2N4O2S. The Labute approximate surface area is 216 Å². The molecule has 0 aliphatic carbocycles. The molecule has 3 aromatic rings. The fraction of sp³-hybridized carbons (Fsp3) is 0.115. The fourth-order valence-electron chi connectivity index (χ4n) is 4.34. The van der Waals surface area contributed by atoms with E-state index in [-0.39, 0.29) is 35.1 Å². The van der Waals surface area contributed by atoms with E-state index in [1.807, 2.05) is 0 Å². The summed E-state index contributed by atoms with van der Waals surface area (Å²) < 4.78 is 58.7. The molecule has 36 heavy (non-hydrogen) atoms. The summed E-state index contributed by atoms with van der Waals surface area (Å²) in [5, 5.41) is 3.01. The molecule has 1 unspecified atom stereocenters. The first-order valence-corrected chi connectivity index (χ1v) is 13.3. The molecule has 2 heterocycles. The second-order valence-corrected chi connectivity index (χ2v) is 11.2. The number of hydrogen-bond acceptors (Lipinski definition) is 5. The van der Waals surface area contributed by atoms with Gasteiger partial charge in [-0.15, -0.1) is 0 Å². The van der Waals surface area contributed by atoms with Crippen molar-refractivity contribution in [3.8, 4) is 0 Å². The standard InChI is InChI=1S/C26H21BrF2N4O2S/c27-18-9-11-19(12-10-18)36(34,35)33-14-17(13-16-5-1-3-7-22(16)28)24-21(15-33)25(32-26(30)31-24)20-6-2-4-8-23(20)29/h1-13,25H,14-15H2,(H3,30,31,32)/b17-13+. The van der Waals surface area contributed by atoms with E-state index < -0.39 is 27.7 Å². The van der Waals surface area contributed by atoms with E-state index >= 15 is 0 Å². The summed E-state index contributed by atoms with van der Waals surface area (Å²) in [6.45, 7) is -0.0963. The minimum absolute atomic E-state index is 0.0458. The predicted molar refractivity (Wildman–Crippen MR) is 138 cm³/mol. The molecule has 1 atom stereocenters. The van der Waals surface area contributed by atoms with Crippen LogP contribution in [0.4, 0.5) is 8.78 Å². The average molecular weight is 571 g/mol. The molecule has 6 nitrogen and oxygen atoms in total. The van der Waals surface area contributed by atoms with Gasteiger partial charge in [-0.3, -0.25) is 0 Å². The molecule has 0 saturated carbocycles. The van der Waals surface area contributed by atoms with Crippen molar-refractivity contribution < 1.29 is 17.2 Å². The lowest BCUT2D eigenvalue weighted by Crippen LogP contribution is -2.46. The van der Waals surface area contributed by atoms with Gasteiger partial charge in [0.25, 0.3) is 0 Å². The summed E-state index contributed by atoms with van der Waals surface area (Å²) in [5.74, 6) is -0.880. The molecule has 5 rings (SSSR count). The Morgan fingerprint density at radius 3 is 2.33 bits per heavy atom. The van der Waals surface area contributed by atoms with Crippen LogP contribution in [0.3, 0.4) is 0 Å². The molecule has 3 N–H and O–H groups in total. The highest BCUT2D eigenvalue weighted by atomic mass is 79.9. The molecule has 0 spiro atoms. The second-order valence-electron chi connectivity index (χ2n) is 8.38. The lowest BCUT2D eigenvalue weighted by Gasteiger charge is -2.37. The van der Waals surface area contributed by atoms with Gasteiger partial charge in [-0.1, -0.05) is 52.3 Å². The van der Waals surface area contributed by atoms with Gasteiger partial charge in [-0.05, 0) is 53.6 Å². The van der Waals surface area contributed by atoms with Crippen molar-refractivity contribution >= 4 is 38.0 Å². The van der Waals surface area contributed by atoms with Crippen LogP contribution < -0.4 is 11.1 Å². The number of nitrogens with two attached hydrogens (primary N) is 1. The quantitative estimate of drug-likeness (QED) is 0.474. The number of sulfonamides is 1. The third kappa shape index (κ3) is 4.59. The summed E-state index contributed by atoms with van der Waals surface area (Å²) in [7, 11) is -3.95. The lowest BCUT2D eigenvalue weighted by atomic mass is 9.90. The number of nitrogens with zero attached hydrogens (tertiary/aromatic N) is 2. The smallest absolute Gasteiger partial charge is 0.243 e. The van der Waals surface area contributed by atoms with Gasteiger partial charge in [0.05, 0.1) is 4.90 Å². The maximum absolute atomic E-state index is 14.8. The van der Waals surface area contributed by atoms with Crippen LogP contribution in [-0.4, -0.2) is 31.8 Å². The number of benzene rings is 3. The minimum atomic E-state index is -3.95. The molecule has 0 radical (unpaired) electrons. The zero-order chi connectivity index (χ0) is 25.4. The zero-order valence-corrected chi connectivity index (χ0v) is 21.2. The van der Waals surface area contributed by atoms with Crippen molar-refractivity contribution in [2.75, 3.05) is 13.1 Å². The fourth-order valence-corrected chi connectivity index (χ4v) is 6.00. The van der Waals surface area contributed by atoms with Crippen molar-refractivity contribution in [3.63, 3.8) is 0 Å².